The highest BCUT2D eigenvalue weighted by atomic mass is 32.1. The van der Waals surface area contributed by atoms with Gasteiger partial charge >= 0.3 is 5.76 Å². The van der Waals surface area contributed by atoms with Gasteiger partial charge in [-0.15, -0.1) is 0 Å². The van der Waals surface area contributed by atoms with Gasteiger partial charge in [0.25, 0.3) is 0 Å². The summed E-state index contributed by atoms with van der Waals surface area (Å²) in [5, 5.41) is 0.947. The molecule has 1 aliphatic heterocycles. The molecule has 154 valence electrons. The van der Waals surface area contributed by atoms with Crippen LogP contribution in [0.1, 0.15) is 0 Å². The standard InChI is InChI=1S/C21H20N4O4S/c1-28-14-6-7-15-18(12-14)30-20(22-15)24-10-8-23(9-11-24)19(26)13-25-16-4-2-3-5-17(16)29-21(25)27/h2-7,12H,8-11,13H2,1H3. The Balaban J connectivity index is 1.27. The van der Waals surface area contributed by atoms with Crippen molar-refractivity contribution in [2.45, 2.75) is 6.54 Å². The Hall–Kier alpha value is -3.33. The molecule has 4 aromatic rings. The number of benzene rings is 2. The van der Waals surface area contributed by atoms with E-state index in [1.165, 1.54) is 4.57 Å². The second kappa shape index (κ2) is 7.49. The van der Waals surface area contributed by atoms with E-state index in [1.807, 2.05) is 24.3 Å². The Morgan fingerprint density at radius 3 is 2.77 bits per heavy atom. The predicted molar refractivity (Wildman–Crippen MR) is 115 cm³/mol. The Morgan fingerprint density at radius 2 is 1.97 bits per heavy atom. The topological polar surface area (TPSA) is 80.8 Å². The van der Waals surface area contributed by atoms with Crippen molar-refractivity contribution in [3.05, 3.63) is 53.0 Å². The summed E-state index contributed by atoms with van der Waals surface area (Å²) in [6.45, 7) is 2.55. The average molecular weight is 424 g/mol. The number of fused-ring (bicyclic) bond motifs is 2. The van der Waals surface area contributed by atoms with E-state index in [9.17, 15) is 9.59 Å². The van der Waals surface area contributed by atoms with Crippen molar-refractivity contribution >= 4 is 43.7 Å². The van der Waals surface area contributed by atoms with Gasteiger partial charge in [-0.3, -0.25) is 9.36 Å². The first kappa shape index (κ1) is 18.7. The molecular formula is C21H20N4O4S. The largest absolute Gasteiger partial charge is 0.497 e. The summed E-state index contributed by atoms with van der Waals surface area (Å²) < 4.78 is 13.0. The van der Waals surface area contributed by atoms with E-state index in [4.69, 9.17) is 14.1 Å². The van der Waals surface area contributed by atoms with Crippen molar-refractivity contribution in [2.75, 3.05) is 38.2 Å². The first-order valence-corrected chi connectivity index (χ1v) is 10.5. The molecule has 1 fully saturated rings. The van der Waals surface area contributed by atoms with Crippen molar-refractivity contribution in [1.29, 1.82) is 0 Å². The number of anilines is 1. The minimum atomic E-state index is -0.506. The Kier molecular flexibility index (Phi) is 4.66. The van der Waals surface area contributed by atoms with Gasteiger partial charge in [0.1, 0.15) is 12.3 Å². The average Bonchev–Trinajstić information content (AvgIpc) is 3.34. The van der Waals surface area contributed by atoms with Crippen LogP contribution in [0.2, 0.25) is 0 Å². The number of aromatic nitrogens is 2. The molecule has 1 amide bonds. The summed E-state index contributed by atoms with van der Waals surface area (Å²) in [7, 11) is 1.65. The predicted octanol–water partition coefficient (Wildman–Crippen LogP) is 2.56. The minimum absolute atomic E-state index is 0.0171. The van der Waals surface area contributed by atoms with Crippen LogP contribution in [0.3, 0.4) is 0 Å². The molecule has 1 aliphatic rings. The molecule has 0 atom stereocenters. The third-order valence-corrected chi connectivity index (χ3v) is 6.43. The summed E-state index contributed by atoms with van der Waals surface area (Å²) in [5.74, 6) is 0.223. The molecule has 3 heterocycles. The van der Waals surface area contributed by atoms with E-state index >= 15 is 0 Å². The molecule has 0 spiro atoms. The van der Waals surface area contributed by atoms with Crippen LogP contribution in [0.25, 0.3) is 21.3 Å². The highest BCUT2D eigenvalue weighted by molar-refractivity contribution is 7.22. The Bertz CT molecular complexity index is 1280. The van der Waals surface area contributed by atoms with Gasteiger partial charge in [-0.2, -0.15) is 0 Å². The first-order valence-electron chi connectivity index (χ1n) is 9.68. The number of amides is 1. The number of carbonyl (C=O) groups excluding carboxylic acids is 1. The summed E-state index contributed by atoms with van der Waals surface area (Å²) in [6, 6.07) is 13.0. The number of rotatable bonds is 4. The van der Waals surface area contributed by atoms with Crippen LogP contribution in [0.5, 0.6) is 5.75 Å². The van der Waals surface area contributed by atoms with Crippen LogP contribution in [0.15, 0.2) is 51.7 Å². The van der Waals surface area contributed by atoms with Gasteiger partial charge in [-0.25, -0.2) is 9.78 Å². The maximum Gasteiger partial charge on any atom is 0.420 e. The van der Waals surface area contributed by atoms with Gasteiger partial charge in [0.2, 0.25) is 5.91 Å². The van der Waals surface area contributed by atoms with Crippen molar-refractivity contribution in [3.8, 4) is 5.75 Å². The zero-order valence-electron chi connectivity index (χ0n) is 16.4. The number of methoxy groups -OCH3 is 1. The SMILES string of the molecule is COc1ccc2nc(N3CCN(C(=O)Cn4c(=O)oc5ccccc54)CC3)sc2c1. The molecule has 2 aromatic heterocycles. The monoisotopic (exact) mass is 424 g/mol. The molecule has 0 saturated carbocycles. The second-order valence-electron chi connectivity index (χ2n) is 7.12. The first-order chi connectivity index (χ1) is 14.6. The number of piperazine rings is 1. The molecule has 0 N–H and O–H groups in total. The maximum absolute atomic E-state index is 12.8. The van der Waals surface area contributed by atoms with E-state index in [0.717, 1.165) is 21.1 Å². The number of hydrogen-bond acceptors (Lipinski definition) is 7. The second-order valence-corrected chi connectivity index (χ2v) is 8.13. The van der Waals surface area contributed by atoms with Gasteiger partial charge in [0.05, 0.1) is 22.8 Å². The van der Waals surface area contributed by atoms with E-state index in [0.29, 0.717) is 37.3 Å². The highest BCUT2D eigenvalue weighted by Gasteiger charge is 2.24. The Labute approximate surface area is 175 Å². The van der Waals surface area contributed by atoms with Crippen LogP contribution >= 0.6 is 11.3 Å². The van der Waals surface area contributed by atoms with Crippen LogP contribution in [0, 0.1) is 0 Å². The normalized spacial score (nSPS) is 14.6. The number of thiazole rings is 1. The summed E-state index contributed by atoms with van der Waals surface area (Å²) in [4.78, 5) is 33.6. The highest BCUT2D eigenvalue weighted by Crippen LogP contribution is 2.31. The van der Waals surface area contributed by atoms with E-state index in [-0.39, 0.29) is 12.5 Å². The third kappa shape index (κ3) is 3.30. The molecule has 0 bridgehead atoms. The number of hydrogen-bond donors (Lipinski definition) is 0. The van der Waals surface area contributed by atoms with Crippen LogP contribution in [0.4, 0.5) is 5.13 Å². The summed E-state index contributed by atoms with van der Waals surface area (Å²) in [6.07, 6.45) is 0. The van der Waals surface area contributed by atoms with Crippen molar-refractivity contribution < 1.29 is 13.9 Å². The van der Waals surface area contributed by atoms with Crippen molar-refractivity contribution in [3.63, 3.8) is 0 Å². The molecule has 8 nitrogen and oxygen atoms in total. The van der Waals surface area contributed by atoms with Gasteiger partial charge in [0.15, 0.2) is 10.7 Å². The molecular weight excluding hydrogens is 404 g/mol. The fraction of sp³-hybridized carbons (Fsp3) is 0.286. The Morgan fingerprint density at radius 1 is 1.17 bits per heavy atom. The number of carbonyl (C=O) groups is 1. The smallest absolute Gasteiger partial charge is 0.420 e. The lowest BCUT2D eigenvalue weighted by Crippen LogP contribution is -2.50. The zero-order chi connectivity index (χ0) is 20.7. The summed E-state index contributed by atoms with van der Waals surface area (Å²) >= 11 is 1.62. The molecule has 0 aliphatic carbocycles. The molecule has 5 rings (SSSR count). The van der Waals surface area contributed by atoms with Crippen LogP contribution in [-0.2, 0) is 11.3 Å². The minimum Gasteiger partial charge on any atom is -0.497 e. The molecule has 1 saturated heterocycles. The van der Waals surface area contributed by atoms with Crippen molar-refractivity contribution in [2.24, 2.45) is 0 Å². The molecule has 30 heavy (non-hydrogen) atoms. The number of nitrogens with zero attached hydrogens (tertiary/aromatic N) is 4. The third-order valence-electron chi connectivity index (χ3n) is 5.35. The van der Waals surface area contributed by atoms with Crippen LogP contribution in [-0.4, -0.2) is 53.6 Å². The van der Waals surface area contributed by atoms with E-state index < -0.39 is 5.76 Å². The lowest BCUT2D eigenvalue weighted by Gasteiger charge is -2.34. The fourth-order valence-corrected chi connectivity index (χ4v) is 4.75. The van der Waals surface area contributed by atoms with Gasteiger partial charge in [0, 0.05) is 26.2 Å². The number of para-hydroxylation sites is 2. The molecule has 0 unspecified atom stereocenters. The lowest BCUT2D eigenvalue weighted by molar-refractivity contribution is -0.132. The van der Waals surface area contributed by atoms with Gasteiger partial charge in [-0.05, 0) is 30.3 Å². The van der Waals surface area contributed by atoms with Crippen molar-refractivity contribution in [1.82, 2.24) is 14.5 Å². The van der Waals surface area contributed by atoms with Gasteiger partial charge < -0.3 is 19.0 Å². The molecule has 9 heteroatoms. The number of ether oxygens (including phenoxy) is 1. The fourth-order valence-electron chi connectivity index (χ4n) is 3.70. The summed E-state index contributed by atoms with van der Waals surface area (Å²) in [5.41, 5.74) is 2.08. The zero-order valence-corrected chi connectivity index (χ0v) is 17.2. The maximum atomic E-state index is 12.8. The van der Waals surface area contributed by atoms with E-state index in [2.05, 4.69) is 4.90 Å². The van der Waals surface area contributed by atoms with E-state index in [1.54, 1.807) is 41.5 Å². The molecule has 2 aromatic carbocycles. The quantitative estimate of drug-likeness (QED) is 0.501. The van der Waals surface area contributed by atoms with Gasteiger partial charge in [-0.1, -0.05) is 23.5 Å². The van der Waals surface area contributed by atoms with Crippen LogP contribution < -0.4 is 15.4 Å². The molecule has 0 radical (unpaired) electrons. The lowest BCUT2D eigenvalue weighted by atomic mass is 10.3. The number of oxazole rings is 1.